The van der Waals surface area contributed by atoms with Crippen LogP contribution >= 0.6 is 0 Å². The Morgan fingerprint density at radius 3 is 3.15 bits per heavy atom. The Bertz CT molecular complexity index is 294. The van der Waals surface area contributed by atoms with Gasteiger partial charge in [-0.05, 0) is 31.3 Å². The Kier molecular flexibility index (Phi) is 1.33. The van der Waals surface area contributed by atoms with E-state index < -0.39 is 0 Å². The number of fused-ring (bicyclic) bond motifs is 1. The van der Waals surface area contributed by atoms with Crippen LogP contribution in [0, 0.1) is 5.92 Å². The molecule has 3 rings (SSSR count). The molecule has 2 aliphatic heterocycles. The first kappa shape index (κ1) is 7.74. The number of carbonyl (C=O) groups is 1. The lowest BCUT2D eigenvalue weighted by Gasteiger charge is -2.31. The Morgan fingerprint density at radius 1 is 1.46 bits per heavy atom. The molecular weight excluding hydrogens is 164 g/mol. The van der Waals surface area contributed by atoms with E-state index in [4.69, 9.17) is 4.74 Å². The van der Waals surface area contributed by atoms with Crippen LogP contribution in [0.5, 0.6) is 0 Å². The lowest BCUT2D eigenvalue weighted by Crippen LogP contribution is -2.38. The standard InChI is InChI=1S/C11H14O2/c1-7-8-3-2-5-11(8)6-4-9(12)10(7)13-11/h8,10H,1-6H2/t8-,10+,11+/m1/s1. The van der Waals surface area contributed by atoms with Crippen LogP contribution in [0.3, 0.4) is 0 Å². The molecule has 0 aromatic rings. The molecule has 13 heavy (non-hydrogen) atoms. The summed E-state index contributed by atoms with van der Waals surface area (Å²) in [7, 11) is 0. The minimum Gasteiger partial charge on any atom is -0.359 e. The van der Waals surface area contributed by atoms with Crippen molar-refractivity contribution < 1.29 is 9.53 Å². The number of ether oxygens (including phenoxy) is 1. The highest BCUT2D eigenvalue weighted by atomic mass is 16.5. The van der Waals surface area contributed by atoms with Crippen LogP contribution in [0.1, 0.15) is 32.1 Å². The van der Waals surface area contributed by atoms with Crippen molar-refractivity contribution >= 4 is 5.78 Å². The van der Waals surface area contributed by atoms with Crippen molar-refractivity contribution in [3.05, 3.63) is 12.2 Å². The maximum atomic E-state index is 11.5. The SMILES string of the molecule is C=C1[C@@H]2O[C@@]3(CCC[C@H]13)CCC2=O. The van der Waals surface area contributed by atoms with Crippen LogP contribution < -0.4 is 0 Å². The molecule has 3 atom stereocenters. The third kappa shape index (κ3) is 0.798. The molecule has 2 nitrogen and oxygen atoms in total. The second-order valence-corrected chi connectivity index (χ2v) is 4.55. The molecule has 2 heterocycles. The summed E-state index contributed by atoms with van der Waals surface area (Å²) in [4.78, 5) is 11.5. The molecule has 0 unspecified atom stereocenters. The van der Waals surface area contributed by atoms with E-state index in [2.05, 4.69) is 6.58 Å². The number of Topliss-reactive ketones (excluding diaryl/α,β-unsaturated/α-hetero) is 1. The summed E-state index contributed by atoms with van der Waals surface area (Å²) in [5.41, 5.74) is 1.11. The Balaban J connectivity index is 2.04. The van der Waals surface area contributed by atoms with Crippen molar-refractivity contribution in [2.45, 2.75) is 43.8 Å². The minimum absolute atomic E-state index is 0.0374. The van der Waals surface area contributed by atoms with Crippen LogP contribution in [0.2, 0.25) is 0 Å². The predicted molar refractivity (Wildman–Crippen MR) is 48.3 cm³/mol. The lowest BCUT2D eigenvalue weighted by molar-refractivity contribution is -0.145. The summed E-state index contributed by atoms with van der Waals surface area (Å²) in [5, 5.41) is 0. The predicted octanol–water partition coefficient (Wildman–Crippen LogP) is 1.84. The zero-order chi connectivity index (χ0) is 9.05. The maximum absolute atomic E-state index is 11.5. The first-order valence-electron chi connectivity index (χ1n) is 5.12. The fraction of sp³-hybridized carbons (Fsp3) is 0.727. The number of rotatable bonds is 0. The molecule has 3 fully saturated rings. The van der Waals surface area contributed by atoms with Crippen molar-refractivity contribution in [1.82, 2.24) is 0 Å². The van der Waals surface area contributed by atoms with Gasteiger partial charge < -0.3 is 4.74 Å². The molecule has 2 heteroatoms. The molecule has 1 aliphatic carbocycles. The highest BCUT2D eigenvalue weighted by Crippen LogP contribution is 2.55. The minimum atomic E-state index is -0.237. The lowest BCUT2D eigenvalue weighted by atomic mass is 9.86. The van der Waals surface area contributed by atoms with Crippen LogP contribution in [-0.2, 0) is 9.53 Å². The van der Waals surface area contributed by atoms with Crippen LogP contribution in [0.25, 0.3) is 0 Å². The summed E-state index contributed by atoms with van der Waals surface area (Å²) in [6.45, 7) is 4.04. The molecule has 0 amide bonds. The number of hydrogen-bond donors (Lipinski definition) is 0. The van der Waals surface area contributed by atoms with E-state index in [1.807, 2.05) is 0 Å². The molecule has 0 aromatic heterocycles. The van der Waals surface area contributed by atoms with E-state index >= 15 is 0 Å². The van der Waals surface area contributed by atoms with Gasteiger partial charge in [0, 0.05) is 12.3 Å². The average molecular weight is 178 g/mol. The monoisotopic (exact) mass is 178 g/mol. The van der Waals surface area contributed by atoms with Gasteiger partial charge in [-0.1, -0.05) is 6.58 Å². The first-order chi connectivity index (χ1) is 6.23. The third-order valence-electron chi connectivity index (χ3n) is 3.95. The molecule has 0 N–H and O–H groups in total. The van der Waals surface area contributed by atoms with Crippen molar-refractivity contribution in [3.8, 4) is 0 Å². The van der Waals surface area contributed by atoms with Gasteiger partial charge in [-0.3, -0.25) is 4.79 Å². The second-order valence-electron chi connectivity index (χ2n) is 4.55. The highest BCUT2D eigenvalue weighted by molar-refractivity contribution is 5.88. The zero-order valence-electron chi connectivity index (χ0n) is 7.71. The van der Waals surface area contributed by atoms with Crippen LogP contribution in [-0.4, -0.2) is 17.5 Å². The van der Waals surface area contributed by atoms with E-state index in [9.17, 15) is 4.79 Å². The summed E-state index contributed by atoms with van der Waals surface area (Å²) < 4.78 is 5.88. The fourth-order valence-electron chi connectivity index (χ4n) is 3.30. The summed E-state index contributed by atoms with van der Waals surface area (Å²) in [5.74, 6) is 0.744. The van der Waals surface area contributed by atoms with Gasteiger partial charge in [-0.2, -0.15) is 0 Å². The molecule has 70 valence electrons. The normalized spacial score (nSPS) is 48.3. The molecule has 2 bridgehead atoms. The zero-order valence-corrected chi connectivity index (χ0v) is 7.71. The Labute approximate surface area is 78.0 Å². The van der Waals surface area contributed by atoms with Gasteiger partial charge >= 0.3 is 0 Å². The van der Waals surface area contributed by atoms with Gasteiger partial charge in [0.05, 0.1) is 5.60 Å². The molecule has 1 saturated carbocycles. The van der Waals surface area contributed by atoms with Gasteiger partial charge in [-0.15, -0.1) is 0 Å². The number of hydrogen-bond acceptors (Lipinski definition) is 2. The van der Waals surface area contributed by atoms with E-state index in [0.717, 1.165) is 18.4 Å². The molecule has 1 spiro atoms. The number of ketones is 1. The van der Waals surface area contributed by atoms with E-state index in [1.54, 1.807) is 0 Å². The maximum Gasteiger partial charge on any atom is 0.165 e. The van der Waals surface area contributed by atoms with E-state index in [-0.39, 0.29) is 17.5 Å². The van der Waals surface area contributed by atoms with Gasteiger partial charge in [0.25, 0.3) is 0 Å². The molecular formula is C11H14O2. The highest BCUT2D eigenvalue weighted by Gasteiger charge is 2.57. The average Bonchev–Trinajstić information content (AvgIpc) is 2.60. The van der Waals surface area contributed by atoms with Gasteiger partial charge in [0.15, 0.2) is 5.78 Å². The van der Waals surface area contributed by atoms with Gasteiger partial charge in [-0.25, -0.2) is 0 Å². The van der Waals surface area contributed by atoms with Crippen molar-refractivity contribution in [2.75, 3.05) is 0 Å². The largest absolute Gasteiger partial charge is 0.359 e. The van der Waals surface area contributed by atoms with Crippen molar-refractivity contribution in [3.63, 3.8) is 0 Å². The third-order valence-corrected chi connectivity index (χ3v) is 3.95. The molecule has 3 aliphatic rings. The first-order valence-corrected chi connectivity index (χ1v) is 5.12. The van der Waals surface area contributed by atoms with Crippen molar-refractivity contribution in [1.29, 1.82) is 0 Å². The summed E-state index contributed by atoms with van der Waals surface area (Å²) in [6.07, 6.45) is 4.97. The number of carbonyl (C=O) groups excluding carboxylic acids is 1. The topological polar surface area (TPSA) is 26.3 Å². The van der Waals surface area contributed by atoms with Gasteiger partial charge in [0.2, 0.25) is 0 Å². The van der Waals surface area contributed by atoms with Crippen LogP contribution in [0.15, 0.2) is 12.2 Å². The summed E-state index contributed by atoms with van der Waals surface area (Å²) in [6, 6.07) is 0. The Morgan fingerprint density at radius 2 is 2.31 bits per heavy atom. The van der Waals surface area contributed by atoms with Gasteiger partial charge in [0.1, 0.15) is 6.10 Å². The second kappa shape index (κ2) is 2.24. The molecule has 2 saturated heterocycles. The van der Waals surface area contributed by atoms with Crippen LogP contribution in [0.4, 0.5) is 0 Å². The fourth-order valence-corrected chi connectivity index (χ4v) is 3.30. The Hall–Kier alpha value is -0.630. The smallest absolute Gasteiger partial charge is 0.165 e. The van der Waals surface area contributed by atoms with E-state index in [1.165, 1.54) is 12.8 Å². The molecule has 0 radical (unpaired) electrons. The molecule has 0 aromatic carbocycles. The summed E-state index contributed by atoms with van der Waals surface area (Å²) >= 11 is 0. The van der Waals surface area contributed by atoms with Crippen molar-refractivity contribution in [2.24, 2.45) is 5.92 Å². The van der Waals surface area contributed by atoms with E-state index in [0.29, 0.717) is 12.3 Å². The quantitative estimate of drug-likeness (QED) is 0.529.